The zero-order valence-electron chi connectivity index (χ0n) is 14.9. The van der Waals surface area contributed by atoms with Crippen LogP contribution in [0.4, 0.5) is 11.4 Å². The van der Waals surface area contributed by atoms with Gasteiger partial charge in [-0.2, -0.15) is 0 Å². The number of para-hydroxylation sites is 1. The van der Waals surface area contributed by atoms with Crippen LogP contribution in [0.3, 0.4) is 0 Å². The number of amides is 1. The number of ether oxygens (including phenoxy) is 1. The Kier molecular flexibility index (Phi) is 6.64. The van der Waals surface area contributed by atoms with Crippen molar-refractivity contribution >= 4 is 50.5 Å². The number of hydrogen-bond acceptors (Lipinski definition) is 4. The molecule has 0 fully saturated rings. The predicted octanol–water partition coefficient (Wildman–Crippen LogP) is 4.81. The van der Waals surface area contributed by atoms with E-state index in [0.717, 1.165) is 0 Å². The average molecular weight is 451 g/mol. The highest BCUT2D eigenvalue weighted by Gasteiger charge is 2.17. The van der Waals surface area contributed by atoms with Crippen molar-refractivity contribution in [1.82, 2.24) is 0 Å². The monoisotopic (exact) mass is 450 g/mol. The number of halogens is 2. The van der Waals surface area contributed by atoms with Gasteiger partial charge in [0.15, 0.2) is 6.61 Å². The molecular formula is C20H16Cl2N2O4S. The molecule has 2 N–H and O–H groups in total. The molecule has 0 radical (unpaired) electrons. The van der Waals surface area contributed by atoms with Crippen LogP contribution < -0.4 is 14.8 Å². The second-order valence-electron chi connectivity index (χ2n) is 5.91. The van der Waals surface area contributed by atoms with E-state index < -0.39 is 15.9 Å². The molecule has 0 saturated carbocycles. The van der Waals surface area contributed by atoms with Crippen molar-refractivity contribution in [2.45, 2.75) is 4.90 Å². The Bertz CT molecular complexity index is 1120. The number of anilines is 2. The summed E-state index contributed by atoms with van der Waals surface area (Å²) in [6.07, 6.45) is 0. The topological polar surface area (TPSA) is 84.5 Å². The molecule has 0 aromatic heterocycles. The third kappa shape index (κ3) is 5.87. The third-order valence-corrected chi connectivity index (χ3v) is 5.66. The van der Waals surface area contributed by atoms with Gasteiger partial charge < -0.3 is 10.1 Å². The van der Waals surface area contributed by atoms with E-state index in [1.54, 1.807) is 42.5 Å². The molecule has 0 heterocycles. The van der Waals surface area contributed by atoms with Gasteiger partial charge in [0.2, 0.25) is 0 Å². The summed E-state index contributed by atoms with van der Waals surface area (Å²) in [5.41, 5.74) is 0.469. The predicted molar refractivity (Wildman–Crippen MR) is 114 cm³/mol. The fourth-order valence-corrected chi connectivity index (χ4v) is 3.82. The molecule has 0 aliphatic rings. The number of benzene rings is 3. The number of hydrogen-bond donors (Lipinski definition) is 2. The van der Waals surface area contributed by atoms with E-state index in [1.807, 2.05) is 6.07 Å². The zero-order chi connectivity index (χ0) is 20.9. The lowest BCUT2D eigenvalue weighted by Gasteiger charge is -2.12. The van der Waals surface area contributed by atoms with Crippen LogP contribution in [0.5, 0.6) is 5.75 Å². The van der Waals surface area contributed by atoms with Crippen LogP contribution in [0.15, 0.2) is 77.7 Å². The van der Waals surface area contributed by atoms with E-state index in [-0.39, 0.29) is 22.2 Å². The zero-order valence-corrected chi connectivity index (χ0v) is 17.3. The molecule has 0 aliphatic carbocycles. The van der Waals surface area contributed by atoms with Crippen LogP contribution in [0, 0.1) is 0 Å². The van der Waals surface area contributed by atoms with Crippen molar-refractivity contribution in [1.29, 1.82) is 0 Å². The van der Waals surface area contributed by atoms with Crippen LogP contribution >= 0.6 is 23.2 Å². The van der Waals surface area contributed by atoms with Crippen LogP contribution in [-0.2, 0) is 14.8 Å². The molecule has 0 aliphatic heterocycles. The molecule has 1 amide bonds. The Morgan fingerprint density at radius 2 is 1.69 bits per heavy atom. The third-order valence-electron chi connectivity index (χ3n) is 3.71. The maximum atomic E-state index is 12.6. The van der Waals surface area contributed by atoms with Gasteiger partial charge in [-0.05, 0) is 48.5 Å². The highest BCUT2D eigenvalue weighted by molar-refractivity contribution is 7.92. The van der Waals surface area contributed by atoms with Crippen molar-refractivity contribution in [2.24, 2.45) is 0 Å². The first-order valence-corrected chi connectivity index (χ1v) is 10.6. The van der Waals surface area contributed by atoms with E-state index in [4.69, 9.17) is 27.9 Å². The summed E-state index contributed by atoms with van der Waals surface area (Å²) in [4.78, 5) is 12.1. The average Bonchev–Trinajstić information content (AvgIpc) is 2.68. The van der Waals surface area contributed by atoms with E-state index in [9.17, 15) is 13.2 Å². The smallest absolute Gasteiger partial charge is 0.262 e. The minimum atomic E-state index is -3.91. The molecule has 6 nitrogen and oxygen atoms in total. The van der Waals surface area contributed by atoms with Gasteiger partial charge in [-0.25, -0.2) is 8.42 Å². The molecule has 29 heavy (non-hydrogen) atoms. The lowest BCUT2D eigenvalue weighted by atomic mass is 10.3. The van der Waals surface area contributed by atoms with Crippen molar-refractivity contribution in [3.05, 3.63) is 82.8 Å². The number of carbonyl (C=O) groups excluding carboxylic acids is 1. The fraction of sp³-hybridized carbons (Fsp3) is 0.0500. The fourth-order valence-electron chi connectivity index (χ4n) is 2.39. The minimum Gasteiger partial charge on any atom is -0.484 e. The normalized spacial score (nSPS) is 11.0. The summed E-state index contributed by atoms with van der Waals surface area (Å²) >= 11 is 12.0. The van der Waals surface area contributed by atoms with Crippen molar-refractivity contribution in [3.63, 3.8) is 0 Å². The van der Waals surface area contributed by atoms with E-state index in [0.29, 0.717) is 16.5 Å². The standard InChI is InChI=1S/C20H16Cl2N2O4S/c21-14-5-4-6-15(11-14)24-29(26,27)17-9-10-18(22)19(12-17)23-20(25)13-28-16-7-2-1-3-8-16/h1-12,24H,13H2,(H,23,25). The van der Waals surface area contributed by atoms with Crippen LogP contribution in [-0.4, -0.2) is 20.9 Å². The Labute approximate surface area is 178 Å². The quantitative estimate of drug-likeness (QED) is 0.540. The van der Waals surface area contributed by atoms with Gasteiger partial charge >= 0.3 is 0 Å². The maximum absolute atomic E-state index is 12.6. The van der Waals surface area contributed by atoms with Gasteiger partial charge in [-0.1, -0.05) is 47.5 Å². The summed E-state index contributed by atoms with van der Waals surface area (Å²) in [6.45, 7) is -0.252. The molecule has 0 saturated heterocycles. The second kappa shape index (κ2) is 9.17. The molecule has 0 bridgehead atoms. The van der Waals surface area contributed by atoms with E-state index >= 15 is 0 Å². The Hall–Kier alpha value is -2.74. The van der Waals surface area contributed by atoms with E-state index in [1.165, 1.54) is 24.3 Å². The number of rotatable bonds is 7. The lowest BCUT2D eigenvalue weighted by Crippen LogP contribution is -2.21. The van der Waals surface area contributed by atoms with E-state index in [2.05, 4.69) is 10.0 Å². The molecule has 3 rings (SSSR count). The lowest BCUT2D eigenvalue weighted by molar-refractivity contribution is -0.118. The minimum absolute atomic E-state index is 0.0684. The molecule has 3 aromatic rings. The van der Waals surface area contributed by atoms with Crippen LogP contribution in [0.2, 0.25) is 10.0 Å². The number of nitrogens with one attached hydrogen (secondary N) is 2. The first-order valence-electron chi connectivity index (χ1n) is 8.39. The summed E-state index contributed by atoms with van der Waals surface area (Å²) in [7, 11) is -3.91. The summed E-state index contributed by atoms with van der Waals surface area (Å²) in [5, 5.41) is 3.15. The summed E-state index contributed by atoms with van der Waals surface area (Å²) in [5.74, 6) is 0.0592. The van der Waals surface area contributed by atoms with Crippen molar-refractivity contribution < 1.29 is 17.9 Å². The Morgan fingerprint density at radius 3 is 2.41 bits per heavy atom. The summed E-state index contributed by atoms with van der Waals surface area (Å²) in [6, 6.07) is 19.1. The van der Waals surface area contributed by atoms with Gasteiger partial charge in [0.1, 0.15) is 5.75 Å². The van der Waals surface area contributed by atoms with Gasteiger partial charge in [-0.15, -0.1) is 0 Å². The first kappa shape index (κ1) is 21.0. The van der Waals surface area contributed by atoms with Crippen molar-refractivity contribution in [2.75, 3.05) is 16.6 Å². The Balaban J connectivity index is 1.72. The highest BCUT2D eigenvalue weighted by Crippen LogP contribution is 2.27. The largest absolute Gasteiger partial charge is 0.484 e. The van der Waals surface area contributed by atoms with Crippen LogP contribution in [0.25, 0.3) is 0 Å². The van der Waals surface area contributed by atoms with Gasteiger partial charge in [0.05, 0.1) is 21.3 Å². The molecular weight excluding hydrogens is 435 g/mol. The molecule has 3 aromatic carbocycles. The van der Waals surface area contributed by atoms with Gasteiger partial charge in [-0.3, -0.25) is 9.52 Å². The highest BCUT2D eigenvalue weighted by atomic mass is 35.5. The molecule has 9 heteroatoms. The second-order valence-corrected chi connectivity index (χ2v) is 8.43. The number of carbonyl (C=O) groups is 1. The van der Waals surface area contributed by atoms with Gasteiger partial charge in [0.25, 0.3) is 15.9 Å². The first-order chi connectivity index (χ1) is 13.8. The van der Waals surface area contributed by atoms with Crippen molar-refractivity contribution in [3.8, 4) is 5.75 Å². The molecule has 0 spiro atoms. The Morgan fingerprint density at radius 1 is 0.931 bits per heavy atom. The molecule has 0 atom stereocenters. The molecule has 150 valence electrons. The van der Waals surface area contributed by atoms with Crippen LogP contribution in [0.1, 0.15) is 0 Å². The SMILES string of the molecule is O=C(COc1ccccc1)Nc1cc(S(=O)(=O)Nc2cccc(Cl)c2)ccc1Cl. The maximum Gasteiger partial charge on any atom is 0.262 e. The number of sulfonamides is 1. The van der Waals surface area contributed by atoms with Gasteiger partial charge in [0, 0.05) is 5.02 Å². The summed E-state index contributed by atoms with van der Waals surface area (Å²) < 4.78 is 33.1. The molecule has 0 unspecified atom stereocenters.